The summed E-state index contributed by atoms with van der Waals surface area (Å²) in [6, 6.07) is 2.14. The summed E-state index contributed by atoms with van der Waals surface area (Å²) in [5.74, 6) is -2.04. The number of thioether (sulfide) groups is 2. The van der Waals surface area contributed by atoms with Gasteiger partial charge in [0.05, 0.1) is 11.1 Å². The average molecular weight is 524 g/mol. The number of oxime groups is 1. The van der Waals surface area contributed by atoms with Crippen LogP contribution in [0.25, 0.3) is 0 Å². The van der Waals surface area contributed by atoms with Crippen molar-refractivity contribution in [1.29, 1.82) is 0 Å². The number of anilines is 1. The van der Waals surface area contributed by atoms with Crippen LogP contribution in [0.2, 0.25) is 0 Å². The Kier molecular flexibility index (Phi) is 6.95. The topological polar surface area (TPSA) is 177 Å². The first-order valence-electron chi connectivity index (χ1n) is 9.56. The standard InChI is InChI=1S/C19H17N5O7S3/c1-30-23-11(10-5-21-19(20)34-10)14(25)22-12-15(26)24-13(17(27)28)8(6-32-16(12)24)7-33-18(29)9-3-2-4-31-9/h2-5,12,16H,6-7H2,1H3,(H2,20,21)(H,22,25)(H,27,28)/b23-11-. The van der Waals surface area contributed by atoms with E-state index in [9.17, 15) is 24.3 Å². The van der Waals surface area contributed by atoms with Gasteiger partial charge < -0.3 is 25.4 Å². The molecule has 2 aliphatic heterocycles. The van der Waals surface area contributed by atoms with Crippen LogP contribution in [0.15, 0.2) is 45.4 Å². The van der Waals surface area contributed by atoms with E-state index in [-0.39, 0.29) is 38.9 Å². The highest BCUT2D eigenvalue weighted by atomic mass is 32.2. The lowest BCUT2D eigenvalue weighted by molar-refractivity contribution is -0.150. The monoisotopic (exact) mass is 523 g/mol. The molecule has 2 aromatic heterocycles. The Balaban J connectivity index is 1.47. The van der Waals surface area contributed by atoms with E-state index in [1.807, 2.05) is 0 Å². The van der Waals surface area contributed by atoms with Crippen molar-refractivity contribution < 1.29 is 33.5 Å². The number of carbonyl (C=O) groups excluding carboxylic acids is 3. The number of rotatable bonds is 8. The molecule has 0 aliphatic carbocycles. The number of carboxylic acid groups (broad SMARTS) is 1. The van der Waals surface area contributed by atoms with Gasteiger partial charge in [0, 0.05) is 17.7 Å². The van der Waals surface area contributed by atoms with E-state index in [4.69, 9.17) is 15.0 Å². The molecule has 0 bridgehead atoms. The van der Waals surface area contributed by atoms with Gasteiger partial charge in [0.25, 0.3) is 16.9 Å². The van der Waals surface area contributed by atoms with E-state index in [2.05, 4.69) is 15.5 Å². The number of hydrogen-bond acceptors (Lipinski definition) is 12. The third-order valence-corrected chi connectivity index (χ3v) is 7.92. The predicted molar refractivity (Wildman–Crippen MR) is 125 cm³/mol. The molecular formula is C19H17N5O7S3. The van der Waals surface area contributed by atoms with Crippen LogP contribution in [-0.2, 0) is 19.2 Å². The number of carboxylic acids is 1. The van der Waals surface area contributed by atoms with Crippen LogP contribution in [0.3, 0.4) is 0 Å². The number of amides is 2. The fraction of sp³-hybridized carbons (Fsp3) is 0.263. The molecule has 34 heavy (non-hydrogen) atoms. The molecule has 1 saturated heterocycles. The summed E-state index contributed by atoms with van der Waals surface area (Å²) in [5, 5.41) is 15.3. The van der Waals surface area contributed by atoms with Gasteiger partial charge >= 0.3 is 5.97 Å². The molecule has 0 aromatic carbocycles. The third kappa shape index (κ3) is 4.53. The van der Waals surface area contributed by atoms with E-state index in [1.54, 1.807) is 6.07 Å². The minimum Gasteiger partial charge on any atom is -0.477 e. The summed E-state index contributed by atoms with van der Waals surface area (Å²) in [4.78, 5) is 59.9. The Morgan fingerprint density at radius 2 is 2.26 bits per heavy atom. The van der Waals surface area contributed by atoms with Crippen molar-refractivity contribution in [3.05, 3.63) is 46.5 Å². The number of carbonyl (C=O) groups is 4. The number of nitrogens with zero attached hydrogens (tertiary/aromatic N) is 3. The molecule has 1 fully saturated rings. The highest BCUT2D eigenvalue weighted by molar-refractivity contribution is 8.14. The number of aliphatic carboxylic acids is 1. The number of hydrogen-bond donors (Lipinski definition) is 3. The first-order chi connectivity index (χ1) is 16.3. The number of aromatic nitrogens is 1. The number of nitrogen functional groups attached to an aromatic ring is 1. The molecule has 0 spiro atoms. The highest BCUT2D eigenvalue weighted by Crippen LogP contribution is 2.41. The van der Waals surface area contributed by atoms with E-state index in [0.29, 0.717) is 10.5 Å². The van der Waals surface area contributed by atoms with Gasteiger partial charge in [-0.3, -0.25) is 19.3 Å². The number of fused-ring (bicyclic) bond motifs is 1. The van der Waals surface area contributed by atoms with Gasteiger partial charge in [-0.1, -0.05) is 28.3 Å². The molecule has 2 aromatic rings. The molecule has 2 amide bonds. The van der Waals surface area contributed by atoms with Crippen LogP contribution in [0.5, 0.6) is 0 Å². The fourth-order valence-corrected chi connectivity index (χ4v) is 6.25. The summed E-state index contributed by atoms with van der Waals surface area (Å²) in [5.41, 5.74) is 5.76. The van der Waals surface area contributed by atoms with Crippen molar-refractivity contribution in [2.24, 2.45) is 5.16 Å². The lowest BCUT2D eigenvalue weighted by Crippen LogP contribution is -2.71. The normalized spacial score (nSPS) is 20.0. The molecule has 2 unspecified atom stereocenters. The Morgan fingerprint density at radius 1 is 1.47 bits per heavy atom. The third-order valence-electron chi connectivity index (χ3n) is 4.79. The van der Waals surface area contributed by atoms with Crippen LogP contribution >= 0.6 is 34.9 Å². The SMILES string of the molecule is CO/N=C(\C(=O)NC1C(=O)N2C(C(=O)O)=C(CSC(=O)c3ccco3)CSC12)c1cnc(N)s1. The number of thiazole rings is 1. The molecule has 0 saturated carbocycles. The largest absolute Gasteiger partial charge is 0.477 e. The smallest absolute Gasteiger partial charge is 0.352 e. The second-order valence-electron chi connectivity index (χ2n) is 6.86. The van der Waals surface area contributed by atoms with Gasteiger partial charge in [0.2, 0.25) is 0 Å². The second-order valence-corrected chi connectivity index (χ2v) is 9.97. The molecule has 0 radical (unpaired) electrons. The van der Waals surface area contributed by atoms with Gasteiger partial charge in [-0.2, -0.15) is 0 Å². The zero-order valence-electron chi connectivity index (χ0n) is 17.4. The lowest BCUT2D eigenvalue weighted by atomic mass is 10.0. The maximum absolute atomic E-state index is 12.8. The molecule has 2 aliphatic rings. The first-order valence-corrected chi connectivity index (χ1v) is 12.4. The Bertz CT molecular complexity index is 1210. The van der Waals surface area contributed by atoms with Crippen LogP contribution < -0.4 is 11.1 Å². The van der Waals surface area contributed by atoms with E-state index >= 15 is 0 Å². The number of β-lactam (4-membered cyclic amide) rings is 1. The van der Waals surface area contributed by atoms with Crippen LogP contribution in [0.4, 0.5) is 5.13 Å². The van der Waals surface area contributed by atoms with E-state index < -0.39 is 29.2 Å². The molecule has 178 valence electrons. The van der Waals surface area contributed by atoms with E-state index in [1.165, 1.54) is 37.4 Å². The summed E-state index contributed by atoms with van der Waals surface area (Å²) in [6.07, 6.45) is 2.73. The summed E-state index contributed by atoms with van der Waals surface area (Å²) in [6.45, 7) is 0. The van der Waals surface area contributed by atoms with Gasteiger partial charge in [0.15, 0.2) is 16.6 Å². The van der Waals surface area contributed by atoms with Crippen molar-refractivity contribution >= 4 is 68.6 Å². The minimum atomic E-state index is -1.29. The molecule has 2 atom stereocenters. The van der Waals surface area contributed by atoms with Crippen molar-refractivity contribution in [2.75, 3.05) is 24.3 Å². The number of nitrogens with one attached hydrogen (secondary N) is 1. The molecule has 15 heteroatoms. The zero-order chi connectivity index (χ0) is 24.4. The Morgan fingerprint density at radius 3 is 2.88 bits per heavy atom. The molecule has 4 heterocycles. The van der Waals surface area contributed by atoms with E-state index in [0.717, 1.165) is 28.0 Å². The van der Waals surface area contributed by atoms with Crippen molar-refractivity contribution in [2.45, 2.75) is 11.4 Å². The van der Waals surface area contributed by atoms with Gasteiger partial charge in [0.1, 0.15) is 24.2 Å². The summed E-state index contributed by atoms with van der Waals surface area (Å²) >= 11 is 3.21. The fourth-order valence-electron chi connectivity index (χ4n) is 3.31. The minimum absolute atomic E-state index is 0.0825. The van der Waals surface area contributed by atoms with Crippen molar-refractivity contribution in [3.63, 3.8) is 0 Å². The van der Waals surface area contributed by atoms with Gasteiger partial charge in [-0.15, -0.1) is 11.8 Å². The van der Waals surface area contributed by atoms with Crippen LogP contribution in [0, 0.1) is 0 Å². The zero-order valence-corrected chi connectivity index (χ0v) is 19.9. The average Bonchev–Trinajstić information content (AvgIpc) is 3.50. The predicted octanol–water partition coefficient (Wildman–Crippen LogP) is 0.981. The van der Waals surface area contributed by atoms with Gasteiger partial charge in [-0.05, 0) is 17.7 Å². The van der Waals surface area contributed by atoms with Crippen molar-refractivity contribution in [1.82, 2.24) is 15.2 Å². The Labute approximate surface area is 204 Å². The van der Waals surface area contributed by atoms with Gasteiger partial charge in [-0.25, -0.2) is 9.78 Å². The molecule has 12 nitrogen and oxygen atoms in total. The quantitative estimate of drug-likeness (QED) is 0.255. The van der Waals surface area contributed by atoms with Crippen molar-refractivity contribution in [3.8, 4) is 0 Å². The lowest BCUT2D eigenvalue weighted by Gasteiger charge is -2.49. The summed E-state index contributed by atoms with van der Waals surface area (Å²) in [7, 11) is 1.27. The second kappa shape index (κ2) is 9.90. The highest BCUT2D eigenvalue weighted by Gasteiger charge is 2.54. The van der Waals surface area contributed by atoms with Crippen LogP contribution in [-0.4, -0.2) is 73.6 Å². The molecule has 4 rings (SSSR count). The van der Waals surface area contributed by atoms with Crippen LogP contribution in [0.1, 0.15) is 15.4 Å². The Hall–Kier alpha value is -3.30. The summed E-state index contributed by atoms with van der Waals surface area (Å²) < 4.78 is 5.06. The molecule has 4 N–H and O–H groups in total. The maximum atomic E-state index is 12.8. The number of furan rings is 1. The first kappa shape index (κ1) is 23.8. The molecular weight excluding hydrogens is 506 g/mol. The maximum Gasteiger partial charge on any atom is 0.352 e. The number of nitrogens with two attached hydrogens (primary N) is 1.